The molecule has 2 aliphatic rings. The Morgan fingerprint density at radius 2 is 1.94 bits per heavy atom. The van der Waals surface area contributed by atoms with E-state index in [9.17, 15) is 4.79 Å². The van der Waals surface area contributed by atoms with E-state index < -0.39 is 0 Å². The molecule has 1 aromatic heterocycles. The van der Waals surface area contributed by atoms with Crippen LogP contribution in [0.3, 0.4) is 0 Å². The average molecular weight is 435 g/mol. The van der Waals surface area contributed by atoms with Crippen LogP contribution in [0.1, 0.15) is 35.6 Å². The van der Waals surface area contributed by atoms with Crippen molar-refractivity contribution in [2.75, 3.05) is 25.5 Å². The van der Waals surface area contributed by atoms with Crippen LogP contribution in [0.15, 0.2) is 47.5 Å². The maximum atomic E-state index is 13.1. The lowest BCUT2D eigenvalue weighted by atomic mass is 10.0. The summed E-state index contributed by atoms with van der Waals surface area (Å²) in [5.74, 6) is 2.12. The predicted molar refractivity (Wildman–Crippen MR) is 123 cm³/mol. The Labute approximate surface area is 186 Å². The number of pyridine rings is 1. The van der Waals surface area contributed by atoms with E-state index >= 15 is 0 Å². The fraction of sp³-hybridized carbons (Fsp3) is 0.360. The van der Waals surface area contributed by atoms with Crippen molar-refractivity contribution in [1.29, 1.82) is 0 Å². The summed E-state index contributed by atoms with van der Waals surface area (Å²) in [6.07, 6.45) is 1.99. The number of thioether (sulfide) groups is 1. The van der Waals surface area contributed by atoms with Crippen LogP contribution in [0.4, 0.5) is 0 Å². The molecule has 0 bridgehead atoms. The zero-order valence-electron chi connectivity index (χ0n) is 17.9. The molecule has 3 heterocycles. The van der Waals surface area contributed by atoms with Gasteiger partial charge in [0.25, 0.3) is 0 Å². The number of hydrogen-bond acceptors (Lipinski definition) is 5. The topological polar surface area (TPSA) is 51.7 Å². The maximum Gasteiger partial charge on any atom is 0.233 e. The number of ether oxygens (including phenoxy) is 2. The minimum Gasteiger partial charge on any atom is -0.486 e. The van der Waals surface area contributed by atoms with Gasteiger partial charge in [-0.05, 0) is 61.6 Å². The van der Waals surface area contributed by atoms with Crippen molar-refractivity contribution in [3.05, 3.63) is 59.2 Å². The molecule has 1 fully saturated rings. The number of fused-ring (bicyclic) bond motifs is 2. The van der Waals surface area contributed by atoms with Crippen molar-refractivity contribution < 1.29 is 14.3 Å². The molecule has 0 radical (unpaired) electrons. The van der Waals surface area contributed by atoms with Crippen molar-refractivity contribution >= 4 is 28.6 Å². The monoisotopic (exact) mass is 434 g/mol. The van der Waals surface area contributed by atoms with Gasteiger partial charge in [0, 0.05) is 11.9 Å². The molecule has 2 aromatic carbocycles. The number of rotatable bonds is 4. The Morgan fingerprint density at radius 3 is 2.81 bits per heavy atom. The van der Waals surface area contributed by atoms with Crippen molar-refractivity contribution in [3.63, 3.8) is 0 Å². The first-order valence-corrected chi connectivity index (χ1v) is 11.8. The summed E-state index contributed by atoms with van der Waals surface area (Å²) in [5, 5.41) is 2.08. The molecule has 6 heteroatoms. The van der Waals surface area contributed by atoms with Gasteiger partial charge in [-0.15, -0.1) is 0 Å². The Hall–Kier alpha value is -2.73. The van der Waals surface area contributed by atoms with Crippen LogP contribution in [-0.2, 0) is 4.79 Å². The van der Waals surface area contributed by atoms with Gasteiger partial charge >= 0.3 is 0 Å². The van der Waals surface area contributed by atoms with Crippen LogP contribution in [0.2, 0.25) is 0 Å². The molecule has 5 nitrogen and oxygen atoms in total. The zero-order valence-corrected chi connectivity index (χ0v) is 18.7. The van der Waals surface area contributed by atoms with Gasteiger partial charge in [0.1, 0.15) is 13.2 Å². The first-order chi connectivity index (χ1) is 15.1. The van der Waals surface area contributed by atoms with Gasteiger partial charge in [-0.2, -0.15) is 0 Å². The standard InChI is InChI=1S/C25H26N2O3S/c1-16-5-3-6-19-17(2)13-23(26-25(16)19)31-15-24(28)27-10-4-7-20(27)18-8-9-21-22(14-18)30-12-11-29-21/h3,5-6,8-9,13-14,20H,4,7,10-12,15H2,1-2H3. The van der Waals surface area contributed by atoms with Gasteiger partial charge in [-0.3, -0.25) is 4.79 Å². The number of aromatic nitrogens is 1. The second-order valence-corrected chi connectivity index (χ2v) is 9.18. The van der Waals surface area contributed by atoms with Gasteiger partial charge < -0.3 is 14.4 Å². The van der Waals surface area contributed by atoms with Crippen LogP contribution in [0, 0.1) is 13.8 Å². The lowest BCUT2D eigenvalue weighted by Gasteiger charge is -2.26. The van der Waals surface area contributed by atoms with Crippen molar-refractivity contribution in [1.82, 2.24) is 9.88 Å². The summed E-state index contributed by atoms with van der Waals surface area (Å²) in [6, 6.07) is 14.5. The highest BCUT2D eigenvalue weighted by Gasteiger charge is 2.30. The van der Waals surface area contributed by atoms with Crippen molar-refractivity contribution in [2.45, 2.75) is 37.8 Å². The van der Waals surface area contributed by atoms with Crippen molar-refractivity contribution in [3.8, 4) is 11.5 Å². The van der Waals surface area contributed by atoms with E-state index in [-0.39, 0.29) is 11.9 Å². The van der Waals surface area contributed by atoms with E-state index in [1.807, 2.05) is 17.0 Å². The summed E-state index contributed by atoms with van der Waals surface area (Å²) < 4.78 is 11.4. The van der Waals surface area contributed by atoms with Crippen LogP contribution in [-0.4, -0.2) is 41.3 Å². The normalized spacial score (nSPS) is 17.9. The maximum absolute atomic E-state index is 13.1. The third kappa shape index (κ3) is 3.97. The molecule has 1 amide bonds. The van der Waals surface area contributed by atoms with Crippen LogP contribution >= 0.6 is 11.8 Å². The number of nitrogens with zero attached hydrogens (tertiary/aromatic N) is 2. The summed E-state index contributed by atoms with van der Waals surface area (Å²) >= 11 is 1.53. The van der Waals surface area contributed by atoms with Crippen LogP contribution < -0.4 is 9.47 Å². The lowest BCUT2D eigenvalue weighted by molar-refractivity contribution is -0.129. The highest BCUT2D eigenvalue weighted by molar-refractivity contribution is 7.99. The number of carbonyl (C=O) groups excluding carboxylic acids is 1. The molecule has 1 unspecified atom stereocenters. The largest absolute Gasteiger partial charge is 0.486 e. The summed E-state index contributed by atoms with van der Waals surface area (Å²) in [7, 11) is 0. The third-order valence-electron chi connectivity index (χ3n) is 6.09. The Balaban J connectivity index is 1.31. The fourth-order valence-electron chi connectivity index (χ4n) is 4.50. The molecule has 2 aliphatic heterocycles. The van der Waals surface area contributed by atoms with Crippen molar-refractivity contribution in [2.24, 2.45) is 0 Å². The van der Waals surface area contributed by atoms with Gasteiger partial charge in [-0.1, -0.05) is 36.0 Å². The Bertz CT molecular complexity index is 1150. The molecule has 1 saturated heterocycles. The molecule has 0 spiro atoms. The molecular weight excluding hydrogens is 408 g/mol. The van der Waals surface area contributed by atoms with E-state index in [0.29, 0.717) is 19.0 Å². The van der Waals surface area contributed by atoms with E-state index in [1.165, 1.54) is 22.7 Å². The van der Waals surface area contributed by atoms with Gasteiger partial charge in [0.15, 0.2) is 11.5 Å². The highest BCUT2D eigenvalue weighted by Crippen LogP contribution is 2.38. The average Bonchev–Trinajstić information content (AvgIpc) is 3.28. The molecule has 0 N–H and O–H groups in total. The number of aryl methyl sites for hydroxylation is 2. The summed E-state index contributed by atoms with van der Waals surface area (Å²) in [5.41, 5.74) is 4.50. The number of hydrogen-bond donors (Lipinski definition) is 0. The zero-order chi connectivity index (χ0) is 21.4. The quantitative estimate of drug-likeness (QED) is 0.536. The molecule has 31 heavy (non-hydrogen) atoms. The minimum absolute atomic E-state index is 0.0949. The van der Waals surface area contributed by atoms with Gasteiger partial charge in [0.05, 0.1) is 22.3 Å². The third-order valence-corrected chi connectivity index (χ3v) is 6.99. The highest BCUT2D eigenvalue weighted by atomic mass is 32.2. The number of para-hydroxylation sites is 1. The molecule has 5 rings (SSSR count). The van der Waals surface area contributed by atoms with Gasteiger partial charge in [0.2, 0.25) is 5.91 Å². The van der Waals surface area contributed by atoms with Crippen LogP contribution in [0.5, 0.6) is 11.5 Å². The molecule has 3 aromatic rings. The number of likely N-dealkylation sites (tertiary alicyclic amines) is 1. The van der Waals surface area contributed by atoms with E-state index in [1.54, 1.807) is 0 Å². The van der Waals surface area contributed by atoms with E-state index in [2.05, 4.69) is 44.2 Å². The Morgan fingerprint density at radius 1 is 1.10 bits per heavy atom. The second kappa shape index (κ2) is 8.42. The molecule has 160 valence electrons. The predicted octanol–water partition coefficient (Wildman–Crippen LogP) is 5.08. The number of carbonyl (C=O) groups is 1. The number of benzene rings is 2. The molecule has 0 saturated carbocycles. The second-order valence-electron chi connectivity index (χ2n) is 8.19. The van der Waals surface area contributed by atoms with E-state index in [0.717, 1.165) is 52.6 Å². The molecular formula is C25H26N2O3S. The molecule has 0 aliphatic carbocycles. The number of amides is 1. The van der Waals surface area contributed by atoms with Gasteiger partial charge in [-0.25, -0.2) is 4.98 Å². The summed E-state index contributed by atoms with van der Waals surface area (Å²) in [6.45, 7) is 6.13. The molecule has 1 atom stereocenters. The van der Waals surface area contributed by atoms with Crippen LogP contribution in [0.25, 0.3) is 10.9 Å². The van der Waals surface area contributed by atoms with E-state index in [4.69, 9.17) is 14.5 Å². The first-order valence-electron chi connectivity index (χ1n) is 10.8. The summed E-state index contributed by atoms with van der Waals surface area (Å²) in [4.78, 5) is 20.0. The Kier molecular flexibility index (Phi) is 5.48. The SMILES string of the molecule is Cc1cc(SCC(=O)N2CCCC2c2ccc3c(c2)OCCO3)nc2c(C)cccc12. The lowest BCUT2D eigenvalue weighted by Crippen LogP contribution is -2.32. The minimum atomic E-state index is 0.0949. The smallest absolute Gasteiger partial charge is 0.233 e. The fourth-order valence-corrected chi connectivity index (χ4v) is 5.36. The first kappa shape index (κ1) is 20.2.